The van der Waals surface area contributed by atoms with Gasteiger partial charge in [0.15, 0.2) is 5.82 Å². The summed E-state index contributed by atoms with van der Waals surface area (Å²) in [7, 11) is 3.91. The maximum atomic E-state index is 5.41. The monoisotopic (exact) mass is 291 g/mol. The summed E-state index contributed by atoms with van der Waals surface area (Å²) in [6.45, 7) is 8.35. The van der Waals surface area contributed by atoms with Crippen LogP contribution in [0, 0.1) is 13.8 Å². The molecule has 1 N–H and O–H groups in total. The molecule has 0 saturated carbocycles. The van der Waals surface area contributed by atoms with E-state index in [0.717, 1.165) is 24.4 Å². The lowest BCUT2D eigenvalue weighted by molar-refractivity contribution is 0.353. The maximum Gasteiger partial charge on any atom is 0.229 e. The van der Waals surface area contributed by atoms with E-state index in [1.807, 2.05) is 25.7 Å². The second kappa shape index (κ2) is 6.39. The van der Waals surface area contributed by atoms with Gasteiger partial charge in [0.1, 0.15) is 0 Å². The first kappa shape index (κ1) is 15.7. The Kier molecular flexibility index (Phi) is 4.77. The molecule has 2 rings (SSSR count). The average molecular weight is 291 g/mol. The van der Waals surface area contributed by atoms with E-state index < -0.39 is 0 Å². The molecule has 6 nitrogen and oxygen atoms in total. The standard InChI is InChI=1S/C15H25N5O/c1-9(7-13-11(3)18-20(6)12(13)4)15-17-14(19-21-15)8-10(2)16-5/h9-10,16H,7-8H2,1-6H3. The van der Waals surface area contributed by atoms with Gasteiger partial charge in [0.25, 0.3) is 0 Å². The molecule has 116 valence electrons. The van der Waals surface area contributed by atoms with Gasteiger partial charge in [-0.25, -0.2) is 0 Å². The summed E-state index contributed by atoms with van der Waals surface area (Å²) >= 11 is 0. The normalized spacial score (nSPS) is 14.4. The maximum absolute atomic E-state index is 5.41. The number of aryl methyl sites for hydroxylation is 2. The van der Waals surface area contributed by atoms with Crippen molar-refractivity contribution in [2.75, 3.05) is 7.05 Å². The zero-order chi connectivity index (χ0) is 15.6. The number of nitrogens with zero attached hydrogens (tertiary/aromatic N) is 4. The number of likely N-dealkylation sites (N-methyl/N-ethyl adjacent to an activating group) is 1. The third-order valence-electron chi connectivity index (χ3n) is 4.06. The van der Waals surface area contributed by atoms with Gasteiger partial charge in [0.05, 0.1) is 5.69 Å². The molecule has 0 spiro atoms. The highest BCUT2D eigenvalue weighted by Gasteiger charge is 2.19. The van der Waals surface area contributed by atoms with Crippen molar-refractivity contribution in [1.82, 2.24) is 25.2 Å². The fraction of sp³-hybridized carbons (Fsp3) is 0.667. The second-order valence-corrected chi connectivity index (χ2v) is 5.82. The Balaban J connectivity index is 2.08. The van der Waals surface area contributed by atoms with Crippen LogP contribution in [0.1, 0.15) is 48.4 Å². The van der Waals surface area contributed by atoms with Crippen LogP contribution in [0.15, 0.2) is 4.52 Å². The van der Waals surface area contributed by atoms with Crippen molar-refractivity contribution in [2.24, 2.45) is 7.05 Å². The predicted octanol–water partition coefficient (Wildman–Crippen LogP) is 1.92. The zero-order valence-corrected chi connectivity index (χ0v) is 13.8. The first-order valence-corrected chi connectivity index (χ1v) is 7.41. The topological polar surface area (TPSA) is 68.8 Å². The minimum Gasteiger partial charge on any atom is -0.339 e. The highest BCUT2D eigenvalue weighted by molar-refractivity contribution is 5.26. The molecule has 2 unspecified atom stereocenters. The summed E-state index contributed by atoms with van der Waals surface area (Å²) in [5.74, 6) is 1.66. The number of hydrogen-bond donors (Lipinski definition) is 1. The van der Waals surface area contributed by atoms with E-state index in [1.54, 1.807) is 0 Å². The van der Waals surface area contributed by atoms with Gasteiger partial charge >= 0.3 is 0 Å². The molecule has 0 saturated heterocycles. The van der Waals surface area contributed by atoms with Gasteiger partial charge in [-0.3, -0.25) is 4.68 Å². The molecule has 0 fully saturated rings. The van der Waals surface area contributed by atoms with Crippen LogP contribution in [0.5, 0.6) is 0 Å². The molecular weight excluding hydrogens is 266 g/mol. The van der Waals surface area contributed by atoms with Gasteiger partial charge in [-0.05, 0) is 39.8 Å². The van der Waals surface area contributed by atoms with Crippen LogP contribution in [0.3, 0.4) is 0 Å². The van der Waals surface area contributed by atoms with E-state index in [9.17, 15) is 0 Å². The van der Waals surface area contributed by atoms with Crippen LogP contribution in [0.4, 0.5) is 0 Å². The highest BCUT2D eigenvalue weighted by atomic mass is 16.5. The fourth-order valence-electron chi connectivity index (χ4n) is 2.43. The van der Waals surface area contributed by atoms with E-state index in [-0.39, 0.29) is 5.92 Å². The van der Waals surface area contributed by atoms with Gasteiger partial charge < -0.3 is 9.84 Å². The molecule has 0 aliphatic heterocycles. The summed E-state index contributed by atoms with van der Waals surface area (Å²) in [5.41, 5.74) is 3.54. The summed E-state index contributed by atoms with van der Waals surface area (Å²) in [4.78, 5) is 4.52. The first-order chi connectivity index (χ1) is 9.92. The molecule has 0 radical (unpaired) electrons. The largest absolute Gasteiger partial charge is 0.339 e. The summed E-state index contributed by atoms with van der Waals surface area (Å²) in [6.07, 6.45) is 1.65. The number of nitrogens with one attached hydrogen (secondary N) is 1. The molecule has 2 heterocycles. The lowest BCUT2D eigenvalue weighted by Crippen LogP contribution is -2.24. The number of hydrogen-bond acceptors (Lipinski definition) is 5. The zero-order valence-electron chi connectivity index (χ0n) is 13.8. The lowest BCUT2D eigenvalue weighted by Gasteiger charge is -2.07. The van der Waals surface area contributed by atoms with Crippen molar-refractivity contribution in [3.05, 3.63) is 28.7 Å². The minimum absolute atomic E-state index is 0.192. The minimum atomic E-state index is 0.192. The first-order valence-electron chi connectivity index (χ1n) is 7.41. The third kappa shape index (κ3) is 3.50. The molecule has 2 atom stereocenters. The third-order valence-corrected chi connectivity index (χ3v) is 4.06. The van der Waals surface area contributed by atoms with Crippen molar-refractivity contribution in [3.8, 4) is 0 Å². The van der Waals surface area contributed by atoms with Gasteiger partial charge in [-0.2, -0.15) is 10.1 Å². The van der Waals surface area contributed by atoms with E-state index in [4.69, 9.17) is 4.52 Å². The molecular formula is C15H25N5O. The van der Waals surface area contributed by atoms with Gasteiger partial charge in [-0.15, -0.1) is 0 Å². The Bertz CT molecular complexity index is 601. The van der Waals surface area contributed by atoms with E-state index >= 15 is 0 Å². The Morgan fingerprint density at radius 1 is 1.24 bits per heavy atom. The molecule has 2 aromatic heterocycles. The highest BCUT2D eigenvalue weighted by Crippen LogP contribution is 2.23. The quantitative estimate of drug-likeness (QED) is 0.880. The molecule has 6 heteroatoms. The molecule has 2 aromatic rings. The van der Waals surface area contributed by atoms with Crippen molar-refractivity contribution in [3.63, 3.8) is 0 Å². The van der Waals surface area contributed by atoms with Gasteiger partial charge in [-0.1, -0.05) is 12.1 Å². The summed E-state index contributed by atoms with van der Waals surface area (Å²) < 4.78 is 7.34. The van der Waals surface area contributed by atoms with Crippen molar-refractivity contribution in [1.29, 1.82) is 0 Å². The van der Waals surface area contributed by atoms with E-state index in [0.29, 0.717) is 11.9 Å². The summed E-state index contributed by atoms with van der Waals surface area (Å²) in [5, 5.41) is 11.7. The van der Waals surface area contributed by atoms with Crippen LogP contribution >= 0.6 is 0 Å². The average Bonchev–Trinajstić information content (AvgIpc) is 2.99. The predicted molar refractivity (Wildman–Crippen MR) is 81.3 cm³/mol. The van der Waals surface area contributed by atoms with Crippen LogP contribution in [-0.4, -0.2) is 33.0 Å². The van der Waals surface area contributed by atoms with Crippen LogP contribution < -0.4 is 5.32 Å². The van der Waals surface area contributed by atoms with Gasteiger partial charge in [0, 0.05) is 31.1 Å². The van der Waals surface area contributed by atoms with Crippen LogP contribution in [-0.2, 0) is 19.9 Å². The Morgan fingerprint density at radius 2 is 1.95 bits per heavy atom. The smallest absolute Gasteiger partial charge is 0.229 e. The fourth-order valence-corrected chi connectivity index (χ4v) is 2.43. The van der Waals surface area contributed by atoms with E-state index in [2.05, 4.69) is 41.3 Å². The number of rotatable bonds is 6. The Morgan fingerprint density at radius 3 is 2.52 bits per heavy atom. The molecule has 0 aliphatic rings. The van der Waals surface area contributed by atoms with Gasteiger partial charge in [0.2, 0.25) is 5.89 Å². The Hall–Kier alpha value is -1.69. The van der Waals surface area contributed by atoms with Crippen LogP contribution in [0.25, 0.3) is 0 Å². The van der Waals surface area contributed by atoms with Crippen molar-refractivity contribution < 1.29 is 4.52 Å². The Labute approximate surface area is 125 Å². The lowest BCUT2D eigenvalue weighted by atomic mass is 9.99. The summed E-state index contributed by atoms with van der Waals surface area (Å²) in [6, 6.07) is 0.341. The molecule has 21 heavy (non-hydrogen) atoms. The van der Waals surface area contributed by atoms with Crippen LogP contribution in [0.2, 0.25) is 0 Å². The van der Waals surface area contributed by atoms with Crippen molar-refractivity contribution >= 4 is 0 Å². The SMILES string of the molecule is CNC(C)Cc1noc(C(C)Cc2c(C)nn(C)c2C)n1. The number of aromatic nitrogens is 4. The van der Waals surface area contributed by atoms with Crippen molar-refractivity contribution in [2.45, 2.75) is 52.5 Å². The van der Waals surface area contributed by atoms with E-state index in [1.165, 1.54) is 11.3 Å². The molecule has 0 aromatic carbocycles. The molecule has 0 amide bonds. The second-order valence-electron chi connectivity index (χ2n) is 5.82. The molecule has 0 aliphatic carbocycles. The molecule has 0 bridgehead atoms.